The van der Waals surface area contributed by atoms with Gasteiger partial charge in [0, 0.05) is 13.1 Å². The number of hydrogen-bond donors (Lipinski definition) is 1. The summed E-state index contributed by atoms with van der Waals surface area (Å²) < 4.78 is 4.45. The molecule has 4 heteroatoms. The highest BCUT2D eigenvalue weighted by Crippen LogP contribution is 2.34. The van der Waals surface area contributed by atoms with Gasteiger partial charge in [0.2, 0.25) is 0 Å². The van der Waals surface area contributed by atoms with Gasteiger partial charge in [-0.3, -0.25) is 0 Å². The Morgan fingerprint density at radius 2 is 2.33 bits per heavy atom. The maximum absolute atomic E-state index is 11.1. The molecule has 1 aliphatic carbocycles. The lowest BCUT2D eigenvalue weighted by Crippen LogP contribution is -2.36. The number of nitrogens with zero attached hydrogens (tertiary/aromatic N) is 1. The maximum atomic E-state index is 11.1. The Hall–Kier alpha value is -0.770. The third-order valence-electron chi connectivity index (χ3n) is 2.39. The van der Waals surface area contributed by atoms with Crippen molar-refractivity contribution < 1.29 is 14.6 Å². The van der Waals surface area contributed by atoms with Crippen LogP contribution in [0.3, 0.4) is 0 Å². The number of aliphatic hydroxyl groups excluding tert-OH is 1. The molecule has 12 heavy (non-hydrogen) atoms. The van der Waals surface area contributed by atoms with Crippen molar-refractivity contribution in [2.75, 3.05) is 13.8 Å². The smallest absolute Gasteiger partial charge is 0.411 e. The van der Waals surface area contributed by atoms with Gasteiger partial charge in [-0.15, -0.1) is 0 Å². The van der Waals surface area contributed by atoms with Crippen molar-refractivity contribution in [1.29, 1.82) is 0 Å². The molecule has 70 valence electrons. The van der Waals surface area contributed by atoms with E-state index in [2.05, 4.69) is 4.74 Å². The Morgan fingerprint density at radius 3 is 2.75 bits per heavy atom. The zero-order chi connectivity index (χ0) is 9.14. The van der Waals surface area contributed by atoms with E-state index in [1.165, 1.54) is 17.7 Å². The van der Waals surface area contributed by atoms with E-state index in [1.807, 2.05) is 6.92 Å². The van der Waals surface area contributed by atoms with E-state index in [1.54, 1.807) is 7.05 Å². The number of ether oxygens (including phenoxy) is 1. The van der Waals surface area contributed by atoms with E-state index in [0.29, 0.717) is 5.92 Å². The molecule has 0 aromatic rings. The molecule has 1 rings (SSSR count). The average Bonchev–Trinajstić information content (AvgIpc) is 2.84. The largest absolute Gasteiger partial charge is 0.422 e. The molecule has 1 amide bonds. The lowest BCUT2D eigenvalue weighted by molar-refractivity contribution is 0.0195. The highest BCUT2D eigenvalue weighted by Gasteiger charge is 2.32. The van der Waals surface area contributed by atoms with Crippen LogP contribution in [0, 0.1) is 5.92 Å². The van der Waals surface area contributed by atoms with Gasteiger partial charge in [-0.25, -0.2) is 4.79 Å². The Kier molecular flexibility index (Phi) is 2.92. The molecular formula is C8H15NO3. The topological polar surface area (TPSA) is 49.8 Å². The molecule has 0 bridgehead atoms. The van der Waals surface area contributed by atoms with E-state index in [4.69, 9.17) is 5.11 Å². The van der Waals surface area contributed by atoms with E-state index in [0.717, 1.165) is 0 Å². The molecule has 4 nitrogen and oxygen atoms in total. The van der Waals surface area contributed by atoms with E-state index in [9.17, 15) is 4.79 Å². The van der Waals surface area contributed by atoms with Crippen LogP contribution in [0.25, 0.3) is 0 Å². The lowest BCUT2D eigenvalue weighted by atomic mass is 10.2. The molecule has 1 atom stereocenters. The number of carbonyl (C=O) groups is 1. The van der Waals surface area contributed by atoms with Crippen molar-refractivity contribution in [1.82, 2.24) is 4.90 Å². The minimum atomic E-state index is -0.541. The predicted octanol–water partition coefficient (Wildman–Crippen LogP) is 0.803. The van der Waals surface area contributed by atoms with Crippen molar-refractivity contribution in [3.05, 3.63) is 0 Å². The minimum Gasteiger partial charge on any atom is -0.422 e. The lowest BCUT2D eigenvalue weighted by Gasteiger charge is -2.23. The van der Waals surface area contributed by atoms with Crippen molar-refractivity contribution in [3.63, 3.8) is 0 Å². The summed E-state index contributed by atoms with van der Waals surface area (Å²) in [6, 6.07) is 0.226. The van der Waals surface area contributed by atoms with E-state index in [-0.39, 0.29) is 6.04 Å². The van der Waals surface area contributed by atoms with Crippen LogP contribution in [0.5, 0.6) is 0 Å². The fourth-order valence-corrected chi connectivity index (χ4v) is 1.22. The van der Waals surface area contributed by atoms with Crippen molar-refractivity contribution >= 4 is 6.09 Å². The van der Waals surface area contributed by atoms with E-state index >= 15 is 0 Å². The Morgan fingerprint density at radius 1 is 1.75 bits per heavy atom. The van der Waals surface area contributed by atoms with Crippen LogP contribution < -0.4 is 0 Å². The van der Waals surface area contributed by atoms with Gasteiger partial charge in [0.25, 0.3) is 0 Å². The van der Waals surface area contributed by atoms with Crippen LogP contribution in [0.2, 0.25) is 0 Å². The van der Waals surface area contributed by atoms with Crippen molar-refractivity contribution in [3.8, 4) is 0 Å². The molecule has 1 saturated carbocycles. The first kappa shape index (κ1) is 9.32. The molecule has 0 aromatic carbocycles. The van der Waals surface area contributed by atoms with Gasteiger partial charge in [0.15, 0.2) is 6.79 Å². The molecule has 1 fully saturated rings. The zero-order valence-corrected chi connectivity index (χ0v) is 7.49. The van der Waals surface area contributed by atoms with Crippen LogP contribution >= 0.6 is 0 Å². The second-order valence-electron chi connectivity index (χ2n) is 3.23. The fourth-order valence-electron chi connectivity index (χ4n) is 1.22. The minimum absolute atomic E-state index is 0.226. The van der Waals surface area contributed by atoms with Gasteiger partial charge in [-0.05, 0) is 25.7 Å². The van der Waals surface area contributed by atoms with Crippen molar-refractivity contribution in [2.45, 2.75) is 25.8 Å². The quantitative estimate of drug-likeness (QED) is 0.642. The second kappa shape index (κ2) is 3.76. The fraction of sp³-hybridized carbons (Fsp3) is 0.875. The number of hydrogen-bond acceptors (Lipinski definition) is 3. The highest BCUT2D eigenvalue weighted by molar-refractivity contribution is 5.67. The summed E-state index contributed by atoms with van der Waals surface area (Å²) in [5.41, 5.74) is 0. The van der Waals surface area contributed by atoms with Gasteiger partial charge >= 0.3 is 6.09 Å². The van der Waals surface area contributed by atoms with Crippen LogP contribution in [0.15, 0.2) is 0 Å². The Labute approximate surface area is 72.1 Å². The summed E-state index contributed by atoms with van der Waals surface area (Å²) in [6.07, 6.45) is 1.94. The SMILES string of the molecule is C[C@H](C1CC1)N(C)C(=O)OCO. The number of amides is 1. The normalized spacial score (nSPS) is 18.6. The second-order valence-corrected chi connectivity index (χ2v) is 3.23. The zero-order valence-electron chi connectivity index (χ0n) is 7.49. The predicted molar refractivity (Wildman–Crippen MR) is 43.5 cm³/mol. The van der Waals surface area contributed by atoms with Crippen LogP contribution in [0.1, 0.15) is 19.8 Å². The summed E-state index contributed by atoms with van der Waals surface area (Å²) in [6.45, 7) is 1.46. The Bertz CT molecular complexity index is 168. The monoisotopic (exact) mass is 173 g/mol. The van der Waals surface area contributed by atoms with E-state index < -0.39 is 12.9 Å². The molecule has 1 aliphatic rings. The van der Waals surface area contributed by atoms with Crippen LogP contribution in [-0.4, -0.2) is 36.0 Å². The average molecular weight is 173 g/mol. The van der Waals surface area contributed by atoms with Gasteiger partial charge in [0.05, 0.1) is 0 Å². The highest BCUT2D eigenvalue weighted by atomic mass is 16.6. The molecule has 1 N–H and O–H groups in total. The number of rotatable bonds is 3. The summed E-state index contributed by atoms with van der Waals surface area (Å²) >= 11 is 0. The molecule has 0 radical (unpaired) electrons. The van der Waals surface area contributed by atoms with Crippen LogP contribution in [-0.2, 0) is 4.74 Å². The first-order valence-electron chi connectivity index (χ1n) is 4.17. The molecule has 0 aromatic heterocycles. The number of carbonyl (C=O) groups excluding carboxylic acids is 1. The van der Waals surface area contributed by atoms with Gasteiger partial charge in [-0.1, -0.05) is 0 Å². The summed E-state index contributed by atoms with van der Waals surface area (Å²) in [7, 11) is 1.70. The van der Waals surface area contributed by atoms with Crippen molar-refractivity contribution in [2.24, 2.45) is 5.92 Å². The molecule has 0 aliphatic heterocycles. The first-order chi connectivity index (χ1) is 5.66. The van der Waals surface area contributed by atoms with Gasteiger partial charge in [0.1, 0.15) is 0 Å². The van der Waals surface area contributed by atoms with Gasteiger partial charge in [-0.2, -0.15) is 0 Å². The summed E-state index contributed by atoms with van der Waals surface area (Å²) in [5, 5.41) is 8.35. The first-order valence-corrected chi connectivity index (χ1v) is 4.17. The third kappa shape index (κ3) is 2.11. The number of aliphatic hydroxyl groups is 1. The molecule has 0 unspecified atom stereocenters. The molecule has 0 heterocycles. The summed E-state index contributed by atoms with van der Waals surface area (Å²) in [5.74, 6) is 0.626. The van der Waals surface area contributed by atoms with Crippen LogP contribution in [0.4, 0.5) is 4.79 Å². The third-order valence-corrected chi connectivity index (χ3v) is 2.39. The Balaban J connectivity index is 2.33. The summed E-state index contributed by atoms with van der Waals surface area (Å²) in [4.78, 5) is 12.6. The molecule has 0 spiro atoms. The molecular weight excluding hydrogens is 158 g/mol. The maximum Gasteiger partial charge on any atom is 0.411 e. The standard InChI is InChI=1S/C8H15NO3/c1-6(7-3-4-7)9(2)8(11)12-5-10/h6-7,10H,3-5H2,1-2H3/t6-/m1/s1. The molecule has 0 saturated heterocycles. The van der Waals surface area contributed by atoms with Gasteiger partial charge < -0.3 is 14.7 Å².